The number of hydrogen-bond donors (Lipinski definition) is 0. The van der Waals surface area contributed by atoms with Crippen LogP contribution in [0.4, 0.5) is 0 Å². The normalized spacial score (nSPS) is 18.0. The van der Waals surface area contributed by atoms with Gasteiger partial charge in [-0.1, -0.05) is 65.2 Å². The van der Waals surface area contributed by atoms with Gasteiger partial charge in [-0.25, -0.2) is 0 Å². The van der Waals surface area contributed by atoms with Crippen LogP contribution in [0.15, 0.2) is 0 Å². The molecule has 0 atom stereocenters. The first-order valence-corrected chi connectivity index (χ1v) is 5.79. The minimum atomic E-state index is 0. The molecule has 0 amide bonds. The maximum atomic E-state index is 2.34. The summed E-state index contributed by atoms with van der Waals surface area (Å²) in [5.41, 5.74) is 0. The van der Waals surface area contributed by atoms with Crippen LogP contribution < -0.4 is 0 Å². The Labute approximate surface area is 132 Å². The molecule has 0 aromatic heterocycles. The van der Waals surface area contributed by atoms with Crippen LogP contribution >= 0.6 is 0 Å². The van der Waals surface area contributed by atoms with Gasteiger partial charge in [0.25, 0.3) is 0 Å². The van der Waals surface area contributed by atoms with Gasteiger partial charge in [-0.3, -0.25) is 0 Å². The van der Waals surface area contributed by atoms with Crippen molar-refractivity contribution in [2.45, 2.75) is 65.2 Å². The minimum absolute atomic E-state index is 0. The molecule has 2 fully saturated rings. The van der Waals surface area contributed by atoms with E-state index in [1.165, 1.54) is 51.4 Å². The topological polar surface area (TPSA) is 0 Å². The SMILES string of the molecule is CC1CCCC1.CC1CCCC1.[CH3-].[CH3-].[CH3-].[CH3-].[Hf+4]. The first-order valence-electron chi connectivity index (χ1n) is 5.79. The Morgan fingerprint density at radius 3 is 0.765 bits per heavy atom. The number of hydrogen-bond acceptors (Lipinski definition) is 0. The van der Waals surface area contributed by atoms with Crippen molar-refractivity contribution in [2.75, 3.05) is 0 Å². The van der Waals surface area contributed by atoms with Crippen molar-refractivity contribution in [1.82, 2.24) is 0 Å². The molecule has 0 unspecified atom stereocenters. The Morgan fingerprint density at radius 2 is 0.706 bits per heavy atom. The third-order valence-electron chi connectivity index (χ3n) is 3.29. The molecule has 0 saturated heterocycles. The van der Waals surface area contributed by atoms with E-state index in [-0.39, 0.29) is 55.5 Å². The Hall–Kier alpha value is 0.870. The zero-order chi connectivity index (χ0) is 8.81. The van der Waals surface area contributed by atoms with Crippen molar-refractivity contribution in [3.05, 3.63) is 29.7 Å². The van der Waals surface area contributed by atoms with Crippen LogP contribution in [0, 0.1) is 41.5 Å². The van der Waals surface area contributed by atoms with Crippen molar-refractivity contribution in [1.29, 1.82) is 0 Å². The summed E-state index contributed by atoms with van der Waals surface area (Å²) in [4.78, 5) is 0. The molecule has 0 spiro atoms. The molecule has 1 heteroatoms. The Kier molecular flexibility index (Phi) is 34.7. The zero-order valence-corrected chi connectivity index (χ0v) is 16.9. The van der Waals surface area contributed by atoms with Crippen LogP contribution in [0.5, 0.6) is 0 Å². The van der Waals surface area contributed by atoms with Gasteiger partial charge in [0.1, 0.15) is 0 Å². The summed E-state index contributed by atoms with van der Waals surface area (Å²) in [7, 11) is 0. The summed E-state index contributed by atoms with van der Waals surface area (Å²) in [5.74, 6) is 2.09. The molecule has 0 N–H and O–H groups in total. The largest absolute Gasteiger partial charge is 4.00 e. The van der Waals surface area contributed by atoms with E-state index in [0.29, 0.717) is 0 Å². The van der Waals surface area contributed by atoms with Gasteiger partial charge in [0.15, 0.2) is 0 Å². The van der Waals surface area contributed by atoms with Crippen LogP contribution in [-0.4, -0.2) is 0 Å². The molecule has 0 heterocycles. The monoisotopic (exact) mass is 408 g/mol. The summed E-state index contributed by atoms with van der Waals surface area (Å²) in [6.07, 6.45) is 11.9. The van der Waals surface area contributed by atoms with Gasteiger partial charge < -0.3 is 29.7 Å². The predicted octanol–water partition coefficient (Wildman–Crippen LogP) is 6.19. The second-order valence-electron chi connectivity index (χ2n) is 4.78. The molecule has 104 valence electrons. The van der Waals surface area contributed by atoms with Crippen LogP contribution in [0.1, 0.15) is 65.2 Å². The molecular formula is C16H36Hf. The van der Waals surface area contributed by atoms with E-state index in [9.17, 15) is 0 Å². The Bertz CT molecular complexity index is 86.1. The standard InChI is InChI=1S/2C6H12.4CH3.Hf/c2*1-6-4-2-3-5-6;;;;;/h2*6H,2-5H2,1H3;4*1H3;/q;;4*-1;+4. The van der Waals surface area contributed by atoms with Gasteiger partial charge in [0.05, 0.1) is 0 Å². The van der Waals surface area contributed by atoms with Crippen LogP contribution in [-0.2, 0) is 25.8 Å². The summed E-state index contributed by atoms with van der Waals surface area (Å²) in [6.45, 7) is 4.68. The summed E-state index contributed by atoms with van der Waals surface area (Å²) in [5, 5.41) is 0. The van der Waals surface area contributed by atoms with E-state index in [1.54, 1.807) is 0 Å². The molecule has 17 heavy (non-hydrogen) atoms. The third-order valence-corrected chi connectivity index (χ3v) is 3.29. The van der Waals surface area contributed by atoms with Gasteiger partial charge in [-0.2, -0.15) is 0 Å². The maximum Gasteiger partial charge on any atom is 4.00 e. The van der Waals surface area contributed by atoms with E-state index in [0.717, 1.165) is 11.8 Å². The molecule has 0 radical (unpaired) electrons. The van der Waals surface area contributed by atoms with Crippen molar-refractivity contribution in [3.8, 4) is 0 Å². The molecule has 0 aliphatic heterocycles. The summed E-state index contributed by atoms with van der Waals surface area (Å²) in [6, 6.07) is 0. The van der Waals surface area contributed by atoms with Gasteiger partial charge in [0.2, 0.25) is 0 Å². The fourth-order valence-corrected chi connectivity index (χ4v) is 2.26. The fourth-order valence-electron chi connectivity index (χ4n) is 2.26. The van der Waals surface area contributed by atoms with E-state index in [4.69, 9.17) is 0 Å². The molecule has 0 aromatic carbocycles. The summed E-state index contributed by atoms with van der Waals surface area (Å²) >= 11 is 0. The van der Waals surface area contributed by atoms with E-state index in [2.05, 4.69) is 13.8 Å². The van der Waals surface area contributed by atoms with Gasteiger partial charge in [-0.05, 0) is 11.8 Å². The van der Waals surface area contributed by atoms with Crippen molar-refractivity contribution in [3.63, 3.8) is 0 Å². The zero-order valence-electron chi connectivity index (χ0n) is 13.3. The second-order valence-corrected chi connectivity index (χ2v) is 4.78. The Balaban J connectivity index is -0.0000000436. The first kappa shape index (κ1) is 30.7. The average molecular weight is 407 g/mol. The Morgan fingerprint density at radius 1 is 0.529 bits per heavy atom. The van der Waals surface area contributed by atoms with Crippen LogP contribution in [0.2, 0.25) is 0 Å². The van der Waals surface area contributed by atoms with Gasteiger partial charge in [-0.15, -0.1) is 0 Å². The van der Waals surface area contributed by atoms with Crippen molar-refractivity contribution < 1.29 is 25.8 Å². The predicted molar refractivity (Wildman–Crippen MR) is 80.9 cm³/mol. The first-order chi connectivity index (χ1) is 5.79. The van der Waals surface area contributed by atoms with Gasteiger partial charge in [0, 0.05) is 0 Å². The second kappa shape index (κ2) is 19.2. The fraction of sp³-hybridized carbons (Fsp3) is 0.750. The molecule has 0 aromatic rings. The summed E-state index contributed by atoms with van der Waals surface area (Å²) < 4.78 is 0. The third kappa shape index (κ3) is 16.9. The smallest absolute Gasteiger partial charge is 0.358 e. The molecular weight excluding hydrogens is 371 g/mol. The molecule has 2 saturated carbocycles. The van der Waals surface area contributed by atoms with Gasteiger partial charge >= 0.3 is 25.8 Å². The molecule has 2 aliphatic rings. The quantitative estimate of drug-likeness (QED) is 0.332. The molecule has 2 rings (SSSR count). The molecule has 2 aliphatic carbocycles. The van der Waals surface area contributed by atoms with E-state index < -0.39 is 0 Å². The van der Waals surface area contributed by atoms with E-state index >= 15 is 0 Å². The van der Waals surface area contributed by atoms with Crippen molar-refractivity contribution >= 4 is 0 Å². The molecule has 0 bridgehead atoms. The van der Waals surface area contributed by atoms with Crippen molar-refractivity contribution in [2.24, 2.45) is 11.8 Å². The number of rotatable bonds is 0. The molecule has 0 nitrogen and oxygen atoms in total. The van der Waals surface area contributed by atoms with Crippen LogP contribution in [0.25, 0.3) is 0 Å². The average Bonchev–Trinajstić information content (AvgIpc) is 2.63. The van der Waals surface area contributed by atoms with Crippen LogP contribution in [0.3, 0.4) is 0 Å². The minimum Gasteiger partial charge on any atom is -0.358 e. The maximum absolute atomic E-state index is 2.34. The van der Waals surface area contributed by atoms with E-state index in [1.807, 2.05) is 0 Å².